The van der Waals surface area contributed by atoms with Gasteiger partial charge in [0.2, 0.25) is 5.95 Å². The van der Waals surface area contributed by atoms with Crippen molar-refractivity contribution in [1.29, 1.82) is 0 Å². The highest BCUT2D eigenvalue weighted by Crippen LogP contribution is 2.39. The Hall–Kier alpha value is -1.91. The van der Waals surface area contributed by atoms with E-state index in [1.165, 1.54) is 37.8 Å². The molecule has 2 heterocycles. The number of aromatic nitrogens is 3. The standard InChI is InChI=1S/C16H19FN4/c17-13-7-5-12(6-8-13)15-19-16-18-10-9-14(21(16)20-15)11-3-1-2-4-11/h5-8,11,14H,1-4,9-10H2,(H,18,19,20). The Morgan fingerprint density at radius 3 is 2.62 bits per heavy atom. The number of rotatable bonds is 2. The number of halogens is 1. The lowest BCUT2D eigenvalue weighted by molar-refractivity contribution is 0.290. The Morgan fingerprint density at radius 1 is 1.10 bits per heavy atom. The summed E-state index contributed by atoms with van der Waals surface area (Å²) in [7, 11) is 0. The molecule has 1 aliphatic heterocycles. The van der Waals surface area contributed by atoms with E-state index in [9.17, 15) is 4.39 Å². The fourth-order valence-electron chi connectivity index (χ4n) is 3.63. The van der Waals surface area contributed by atoms with Crippen LogP contribution in [0.2, 0.25) is 0 Å². The van der Waals surface area contributed by atoms with Crippen LogP contribution in [0.1, 0.15) is 38.1 Å². The molecule has 21 heavy (non-hydrogen) atoms. The van der Waals surface area contributed by atoms with Crippen LogP contribution in [0.15, 0.2) is 24.3 Å². The number of fused-ring (bicyclic) bond motifs is 1. The summed E-state index contributed by atoms with van der Waals surface area (Å²) in [6.45, 7) is 0.961. The molecule has 4 rings (SSSR count). The number of hydrogen-bond donors (Lipinski definition) is 1. The first-order chi connectivity index (χ1) is 10.3. The van der Waals surface area contributed by atoms with Gasteiger partial charge in [0.25, 0.3) is 0 Å². The highest BCUT2D eigenvalue weighted by atomic mass is 19.1. The van der Waals surface area contributed by atoms with Gasteiger partial charge in [0.15, 0.2) is 5.82 Å². The van der Waals surface area contributed by atoms with Gasteiger partial charge in [-0.15, -0.1) is 5.10 Å². The van der Waals surface area contributed by atoms with Gasteiger partial charge < -0.3 is 5.32 Å². The Labute approximate surface area is 123 Å². The molecule has 0 bridgehead atoms. The summed E-state index contributed by atoms with van der Waals surface area (Å²) < 4.78 is 15.1. The molecule has 5 heteroatoms. The van der Waals surface area contributed by atoms with Gasteiger partial charge in [-0.25, -0.2) is 9.07 Å². The largest absolute Gasteiger partial charge is 0.354 e. The first-order valence-electron chi connectivity index (χ1n) is 7.77. The van der Waals surface area contributed by atoms with Crippen molar-refractivity contribution in [2.45, 2.75) is 38.1 Å². The fraction of sp³-hybridized carbons (Fsp3) is 0.500. The number of anilines is 1. The van der Waals surface area contributed by atoms with Crippen LogP contribution in [-0.2, 0) is 0 Å². The third-order valence-corrected chi connectivity index (χ3v) is 4.72. The van der Waals surface area contributed by atoms with Crippen molar-refractivity contribution in [3.05, 3.63) is 30.1 Å². The molecule has 2 aromatic rings. The first kappa shape index (κ1) is 12.8. The van der Waals surface area contributed by atoms with Crippen molar-refractivity contribution < 1.29 is 4.39 Å². The summed E-state index contributed by atoms with van der Waals surface area (Å²) in [4.78, 5) is 4.59. The molecule has 1 fully saturated rings. The van der Waals surface area contributed by atoms with Gasteiger partial charge in [0, 0.05) is 12.1 Å². The molecule has 1 unspecified atom stereocenters. The smallest absolute Gasteiger partial charge is 0.221 e. The average molecular weight is 286 g/mol. The van der Waals surface area contributed by atoms with Gasteiger partial charge in [-0.1, -0.05) is 12.8 Å². The summed E-state index contributed by atoms with van der Waals surface area (Å²) in [6, 6.07) is 6.85. The molecule has 1 saturated carbocycles. The molecule has 1 aliphatic carbocycles. The topological polar surface area (TPSA) is 42.7 Å². The minimum absolute atomic E-state index is 0.232. The summed E-state index contributed by atoms with van der Waals surface area (Å²) >= 11 is 0. The SMILES string of the molecule is Fc1ccc(-c2nc3n(n2)C(C2CCCC2)CCN3)cc1. The van der Waals surface area contributed by atoms with Crippen LogP contribution in [-0.4, -0.2) is 21.3 Å². The average Bonchev–Trinajstić information content (AvgIpc) is 3.17. The maximum absolute atomic E-state index is 13.0. The normalized spacial score (nSPS) is 22.0. The van der Waals surface area contributed by atoms with Crippen LogP contribution < -0.4 is 5.32 Å². The minimum atomic E-state index is -0.232. The lowest BCUT2D eigenvalue weighted by Crippen LogP contribution is -2.28. The van der Waals surface area contributed by atoms with E-state index >= 15 is 0 Å². The zero-order valence-corrected chi connectivity index (χ0v) is 11.9. The Balaban J connectivity index is 1.68. The highest BCUT2D eigenvalue weighted by Gasteiger charge is 2.31. The Kier molecular flexibility index (Phi) is 3.13. The molecule has 1 atom stereocenters. The van der Waals surface area contributed by atoms with Gasteiger partial charge in [-0.3, -0.25) is 0 Å². The molecule has 1 aromatic carbocycles. The van der Waals surface area contributed by atoms with Gasteiger partial charge in [-0.05, 0) is 49.4 Å². The van der Waals surface area contributed by atoms with E-state index in [0.717, 1.165) is 30.4 Å². The quantitative estimate of drug-likeness (QED) is 0.916. The van der Waals surface area contributed by atoms with E-state index in [4.69, 9.17) is 5.10 Å². The summed E-state index contributed by atoms with van der Waals surface area (Å²) in [5.74, 6) is 2.04. The van der Waals surface area contributed by atoms with Gasteiger partial charge in [0.1, 0.15) is 5.82 Å². The van der Waals surface area contributed by atoms with Crippen LogP contribution in [0.3, 0.4) is 0 Å². The molecule has 2 aliphatic rings. The van der Waals surface area contributed by atoms with Crippen molar-refractivity contribution in [2.75, 3.05) is 11.9 Å². The molecule has 4 nitrogen and oxygen atoms in total. The summed E-state index contributed by atoms with van der Waals surface area (Å²) in [5, 5.41) is 8.03. The van der Waals surface area contributed by atoms with E-state index in [1.54, 1.807) is 12.1 Å². The van der Waals surface area contributed by atoms with Crippen LogP contribution in [0.4, 0.5) is 10.3 Å². The fourth-order valence-corrected chi connectivity index (χ4v) is 3.63. The van der Waals surface area contributed by atoms with Crippen molar-refractivity contribution in [1.82, 2.24) is 14.8 Å². The lowest BCUT2D eigenvalue weighted by atomic mass is 9.95. The third kappa shape index (κ3) is 2.30. The second kappa shape index (κ2) is 5.13. The van der Waals surface area contributed by atoms with Crippen molar-refractivity contribution in [3.8, 4) is 11.4 Å². The van der Waals surface area contributed by atoms with Crippen LogP contribution in [0, 0.1) is 11.7 Å². The maximum atomic E-state index is 13.0. The van der Waals surface area contributed by atoms with Crippen LogP contribution in [0.5, 0.6) is 0 Å². The monoisotopic (exact) mass is 286 g/mol. The predicted octanol–water partition coefficient (Wildman–Crippen LogP) is 3.63. The van der Waals surface area contributed by atoms with Gasteiger partial charge >= 0.3 is 0 Å². The molecular formula is C16H19FN4. The zero-order valence-electron chi connectivity index (χ0n) is 11.9. The van der Waals surface area contributed by atoms with E-state index < -0.39 is 0 Å². The Bertz CT molecular complexity index is 628. The molecule has 1 N–H and O–H groups in total. The zero-order chi connectivity index (χ0) is 14.2. The van der Waals surface area contributed by atoms with Crippen LogP contribution >= 0.6 is 0 Å². The van der Waals surface area contributed by atoms with E-state index in [2.05, 4.69) is 15.0 Å². The molecule has 1 aromatic heterocycles. The molecule has 110 valence electrons. The van der Waals surface area contributed by atoms with E-state index in [-0.39, 0.29) is 5.82 Å². The molecule has 0 radical (unpaired) electrons. The molecule has 0 spiro atoms. The molecule has 0 amide bonds. The first-order valence-corrected chi connectivity index (χ1v) is 7.77. The predicted molar refractivity (Wildman–Crippen MR) is 79.5 cm³/mol. The van der Waals surface area contributed by atoms with Gasteiger partial charge in [0.05, 0.1) is 6.04 Å². The number of nitrogens with zero attached hydrogens (tertiary/aromatic N) is 3. The van der Waals surface area contributed by atoms with Crippen LogP contribution in [0.25, 0.3) is 11.4 Å². The van der Waals surface area contributed by atoms with Crippen molar-refractivity contribution in [2.24, 2.45) is 5.92 Å². The van der Waals surface area contributed by atoms with Crippen molar-refractivity contribution in [3.63, 3.8) is 0 Å². The minimum Gasteiger partial charge on any atom is -0.354 e. The molecule has 0 saturated heterocycles. The highest BCUT2D eigenvalue weighted by molar-refractivity contribution is 5.56. The Morgan fingerprint density at radius 2 is 1.86 bits per heavy atom. The number of nitrogens with one attached hydrogen (secondary N) is 1. The van der Waals surface area contributed by atoms with E-state index in [1.807, 2.05) is 0 Å². The third-order valence-electron chi connectivity index (χ3n) is 4.72. The summed E-state index contributed by atoms with van der Waals surface area (Å²) in [6.07, 6.45) is 6.39. The van der Waals surface area contributed by atoms with E-state index in [0.29, 0.717) is 11.9 Å². The summed E-state index contributed by atoms with van der Waals surface area (Å²) in [5.41, 5.74) is 0.866. The van der Waals surface area contributed by atoms with Crippen molar-refractivity contribution >= 4 is 5.95 Å². The maximum Gasteiger partial charge on any atom is 0.221 e. The number of hydrogen-bond acceptors (Lipinski definition) is 3. The second-order valence-electron chi connectivity index (χ2n) is 6.04. The second-order valence-corrected chi connectivity index (χ2v) is 6.04. The number of benzene rings is 1. The van der Waals surface area contributed by atoms with Gasteiger partial charge in [-0.2, -0.15) is 4.98 Å². The molecular weight excluding hydrogens is 267 g/mol. The lowest BCUT2D eigenvalue weighted by Gasteiger charge is -2.28.